The van der Waals surface area contributed by atoms with Gasteiger partial charge in [-0.2, -0.15) is 5.26 Å². The van der Waals surface area contributed by atoms with Gasteiger partial charge in [0.1, 0.15) is 18.2 Å². The monoisotopic (exact) mass is 285 g/mol. The van der Waals surface area contributed by atoms with Crippen molar-refractivity contribution in [2.75, 3.05) is 0 Å². The SMILES string of the molecule is Cc1c(OCc2ccc(C#N)cc2F)cccc1C(=O)O. The number of hydrogen-bond donors (Lipinski definition) is 1. The van der Waals surface area contributed by atoms with Gasteiger partial charge >= 0.3 is 5.97 Å². The second kappa shape index (κ2) is 6.06. The van der Waals surface area contributed by atoms with E-state index in [4.69, 9.17) is 15.1 Å². The summed E-state index contributed by atoms with van der Waals surface area (Å²) in [5.41, 5.74) is 1.17. The van der Waals surface area contributed by atoms with Crippen LogP contribution in [0.4, 0.5) is 4.39 Å². The Hall–Kier alpha value is -2.87. The molecule has 0 atom stereocenters. The predicted octanol–water partition coefficient (Wildman–Crippen LogP) is 3.28. The van der Waals surface area contributed by atoms with Crippen LogP contribution in [-0.4, -0.2) is 11.1 Å². The molecule has 21 heavy (non-hydrogen) atoms. The zero-order valence-electron chi connectivity index (χ0n) is 11.3. The molecule has 0 bridgehead atoms. The number of nitriles is 1. The Kier molecular flexibility index (Phi) is 4.19. The summed E-state index contributed by atoms with van der Waals surface area (Å²) in [5.74, 6) is -1.18. The summed E-state index contributed by atoms with van der Waals surface area (Å²) in [6.07, 6.45) is 0. The Bertz CT molecular complexity index is 735. The molecular weight excluding hydrogens is 273 g/mol. The number of aromatic carboxylic acids is 1. The van der Waals surface area contributed by atoms with Gasteiger partial charge < -0.3 is 9.84 Å². The maximum atomic E-state index is 13.7. The number of carboxylic acids is 1. The van der Waals surface area contributed by atoms with Crippen molar-refractivity contribution in [3.8, 4) is 11.8 Å². The van der Waals surface area contributed by atoms with E-state index in [0.29, 0.717) is 16.9 Å². The van der Waals surface area contributed by atoms with Crippen LogP contribution in [0.3, 0.4) is 0 Å². The summed E-state index contributed by atoms with van der Waals surface area (Å²) in [4.78, 5) is 11.0. The number of ether oxygens (including phenoxy) is 1. The van der Waals surface area contributed by atoms with Crippen LogP contribution in [0, 0.1) is 24.1 Å². The van der Waals surface area contributed by atoms with Crippen molar-refractivity contribution in [2.24, 2.45) is 0 Å². The lowest BCUT2D eigenvalue weighted by Gasteiger charge is -2.11. The molecule has 0 aliphatic heterocycles. The molecule has 2 aromatic rings. The van der Waals surface area contributed by atoms with Gasteiger partial charge in [0.2, 0.25) is 0 Å². The van der Waals surface area contributed by atoms with Gasteiger partial charge in [0.15, 0.2) is 0 Å². The van der Waals surface area contributed by atoms with Crippen LogP contribution in [0.2, 0.25) is 0 Å². The zero-order valence-corrected chi connectivity index (χ0v) is 11.3. The molecule has 106 valence electrons. The highest BCUT2D eigenvalue weighted by Crippen LogP contribution is 2.23. The topological polar surface area (TPSA) is 70.3 Å². The molecule has 0 saturated carbocycles. The fourth-order valence-corrected chi connectivity index (χ4v) is 1.89. The smallest absolute Gasteiger partial charge is 0.336 e. The standard InChI is InChI=1S/C16H12FNO3/c1-10-13(16(19)20)3-2-4-15(10)21-9-12-6-5-11(8-18)7-14(12)17/h2-7H,9H2,1H3,(H,19,20). The zero-order chi connectivity index (χ0) is 15.4. The van der Waals surface area contributed by atoms with Crippen molar-refractivity contribution >= 4 is 5.97 Å². The molecule has 0 spiro atoms. The van der Waals surface area contributed by atoms with Crippen molar-refractivity contribution < 1.29 is 19.0 Å². The van der Waals surface area contributed by atoms with Crippen LogP contribution in [0.25, 0.3) is 0 Å². The fourth-order valence-electron chi connectivity index (χ4n) is 1.89. The molecule has 0 radical (unpaired) electrons. The average Bonchev–Trinajstić information content (AvgIpc) is 2.46. The van der Waals surface area contributed by atoms with Crippen molar-refractivity contribution in [3.63, 3.8) is 0 Å². The third-order valence-electron chi connectivity index (χ3n) is 3.08. The molecule has 0 aliphatic rings. The highest BCUT2D eigenvalue weighted by atomic mass is 19.1. The van der Waals surface area contributed by atoms with E-state index < -0.39 is 11.8 Å². The highest BCUT2D eigenvalue weighted by molar-refractivity contribution is 5.90. The number of carbonyl (C=O) groups is 1. The van der Waals surface area contributed by atoms with Crippen LogP contribution in [0.15, 0.2) is 36.4 Å². The number of hydrogen-bond acceptors (Lipinski definition) is 3. The summed E-state index contributed by atoms with van der Waals surface area (Å²) >= 11 is 0. The van der Waals surface area contributed by atoms with Crippen molar-refractivity contribution in [1.29, 1.82) is 5.26 Å². The number of rotatable bonds is 4. The average molecular weight is 285 g/mol. The molecule has 0 aromatic heterocycles. The van der Waals surface area contributed by atoms with Crippen LogP contribution < -0.4 is 4.74 Å². The maximum Gasteiger partial charge on any atom is 0.336 e. The molecule has 0 saturated heterocycles. The first-order valence-corrected chi connectivity index (χ1v) is 6.17. The van der Waals surface area contributed by atoms with E-state index >= 15 is 0 Å². The summed E-state index contributed by atoms with van der Waals surface area (Å²) in [6, 6.07) is 10.6. The lowest BCUT2D eigenvalue weighted by Crippen LogP contribution is -2.04. The van der Waals surface area contributed by atoms with E-state index in [1.165, 1.54) is 18.2 Å². The van der Waals surface area contributed by atoms with E-state index in [2.05, 4.69) is 0 Å². The molecule has 0 heterocycles. The predicted molar refractivity (Wildman–Crippen MR) is 73.6 cm³/mol. The van der Waals surface area contributed by atoms with Gasteiger partial charge in [-0.25, -0.2) is 9.18 Å². The van der Waals surface area contributed by atoms with Crippen LogP contribution in [0.1, 0.15) is 27.0 Å². The molecule has 0 amide bonds. The van der Waals surface area contributed by atoms with Crippen LogP contribution in [-0.2, 0) is 6.61 Å². The van der Waals surface area contributed by atoms with Gasteiger partial charge in [-0.15, -0.1) is 0 Å². The third kappa shape index (κ3) is 3.18. The normalized spacial score (nSPS) is 9.95. The lowest BCUT2D eigenvalue weighted by atomic mass is 10.1. The number of benzene rings is 2. The summed E-state index contributed by atoms with van der Waals surface area (Å²) in [5, 5.41) is 17.7. The molecule has 5 heteroatoms. The number of halogens is 1. The lowest BCUT2D eigenvalue weighted by molar-refractivity contribution is 0.0695. The Morgan fingerprint density at radius 3 is 2.76 bits per heavy atom. The van der Waals surface area contributed by atoms with Gasteiger partial charge in [0, 0.05) is 11.1 Å². The Balaban J connectivity index is 2.19. The van der Waals surface area contributed by atoms with Gasteiger partial charge in [0.25, 0.3) is 0 Å². The molecule has 1 N–H and O–H groups in total. The molecule has 4 nitrogen and oxygen atoms in total. The molecule has 2 rings (SSSR count). The minimum Gasteiger partial charge on any atom is -0.488 e. The number of carboxylic acid groups (broad SMARTS) is 1. The minimum atomic E-state index is -1.04. The van der Waals surface area contributed by atoms with Gasteiger partial charge in [0.05, 0.1) is 17.2 Å². The Morgan fingerprint density at radius 1 is 1.38 bits per heavy atom. The van der Waals surface area contributed by atoms with Crippen molar-refractivity contribution in [1.82, 2.24) is 0 Å². The second-order valence-corrected chi connectivity index (χ2v) is 4.44. The first-order valence-electron chi connectivity index (χ1n) is 6.17. The molecule has 2 aromatic carbocycles. The van der Waals surface area contributed by atoms with Crippen LogP contribution in [0.5, 0.6) is 5.75 Å². The van der Waals surface area contributed by atoms with E-state index in [9.17, 15) is 9.18 Å². The van der Waals surface area contributed by atoms with Crippen molar-refractivity contribution in [2.45, 2.75) is 13.5 Å². The molecule has 0 aliphatic carbocycles. The number of nitrogens with zero attached hydrogens (tertiary/aromatic N) is 1. The van der Waals surface area contributed by atoms with Gasteiger partial charge in [-0.3, -0.25) is 0 Å². The van der Waals surface area contributed by atoms with E-state index in [-0.39, 0.29) is 17.7 Å². The van der Waals surface area contributed by atoms with Crippen molar-refractivity contribution in [3.05, 3.63) is 64.5 Å². The quantitative estimate of drug-likeness (QED) is 0.935. The second-order valence-electron chi connectivity index (χ2n) is 4.44. The Morgan fingerprint density at radius 2 is 2.14 bits per heavy atom. The molecular formula is C16H12FNO3. The summed E-state index contributed by atoms with van der Waals surface area (Å²) in [6.45, 7) is 1.59. The van der Waals surface area contributed by atoms with E-state index in [0.717, 1.165) is 6.07 Å². The first kappa shape index (κ1) is 14.5. The highest BCUT2D eigenvalue weighted by Gasteiger charge is 2.12. The largest absolute Gasteiger partial charge is 0.488 e. The van der Waals surface area contributed by atoms with Gasteiger partial charge in [-0.1, -0.05) is 12.1 Å². The van der Waals surface area contributed by atoms with Crippen LogP contribution >= 0.6 is 0 Å². The fraction of sp³-hybridized carbons (Fsp3) is 0.125. The maximum absolute atomic E-state index is 13.7. The first-order chi connectivity index (χ1) is 10.0. The van der Waals surface area contributed by atoms with E-state index in [1.807, 2.05) is 6.07 Å². The summed E-state index contributed by atoms with van der Waals surface area (Å²) < 4.78 is 19.2. The van der Waals surface area contributed by atoms with E-state index in [1.54, 1.807) is 19.1 Å². The summed E-state index contributed by atoms with van der Waals surface area (Å²) in [7, 11) is 0. The molecule has 0 fully saturated rings. The Labute approximate surface area is 121 Å². The molecule has 0 unspecified atom stereocenters. The van der Waals surface area contributed by atoms with Gasteiger partial charge in [-0.05, 0) is 31.2 Å². The minimum absolute atomic E-state index is 0.0402. The third-order valence-corrected chi connectivity index (χ3v) is 3.08.